The first-order valence-corrected chi connectivity index (χ1v) is 16.6. The van der Waals surface area contributed by atoms with Crippen molar-refractivity contribution < 1.29 is 30.0 Å². The molecule has 52 heavy (non-hydrogen) atoms. The van der Waals surface area contributed by atoms with Gasteiger partial charge in [-0.15, -0.1) is 22.1 Å². The van der Waals surface area contributed by atoms with Crippen molar-refractivity contribution in [2.75, 3.05) is 0 Å². The molecule has 250 valence electrons. The number of amides is 2. The molecule has 5 heterocycles. The number of aromatic nitrogens is 4. The van der Waals surface area contributed by atoms with Crippen molar-refractivity contribution in [2.45, 2.75) is 0 Å². The zero-order valence-electron chi connectivity index (χ0n) is 27.4. The summed E-state index contributed by atoms with van der Waals surface area (Å²) in [4.78, 5) is 48.1. The van der Waals surface area contributed by atoms with Crippen LogP contribution in [0.25, 0.3) is 78.7 Å². The molecule has 7 aromatic rings. The number of nitrogens with one attached hydrogen (secondary N) is 1. The van der Waals surface area contributed by atoms with Gasteiger partial charge < -0.3 is 9.97 Å². The monoisotopic (exact) mass is 763 g/mol. The number of nitrogens with zero attached hydrogens (tertiary/aromatic N) is 4. The van der Waals surface area contributed by atoms with Gasteiger partial charge in [0.2, 0.25) is 0 Å². The first-order valence-electron chi connectivity index (χ1n) is 16.6. The fraction of sp³-hybridized carbons (Fsp3) is 0. The molecule has 7 nitrogen and oxygen atoms in total. The molecule has 0 aliphatic carbocycles. The molecule has 1 N–H and O–H groups in total. The summed E-state index contributed by atoms with van der Waals surface area (Å²) in [5.41, 5.74) is 10.2. The van der Waals surface area contributed by atoms with Crippen molar-refractivity contribution in [3.05, 3.63) is 168 Å². The molecule has 2 aliphatic rings. The van der Waals surface area contributed by atoms with E-state index in [1.54, 1.807) is 0 Å². The van der Waals surface area contributed by atoms with E-state index in [4.69, 9.17) is 19.9 Å². The number of rotatable bonds is 4. The van der Waals surface area contributed by atoms with E-state index in [2.05, 4.69) is 5.32 Å². The normalized spacial score (nSPS) is 12.2. The van der Waals surface area contributed by atoms with E-state index in [9.17, 15) is 9.59 Å². The Morgan fingerprint density at radius 3 is 1.04 bits per heavy atom. The molecular weight excluding hydrogens is 737 g/mol. The zero-order chi connectivity index (χ0) is 34.3. The molecule has 0 saturated heterocycles. The van der Waals surface area contributed by atoms with Crippen molar-refractivity contribution in [3.63, 3.8) is 0 Å². The summed E-state index contributed by atoms with van der Waals surface area (Å²) in [6, 6.07) is 46.8. The standard InChI is InChI=1S/C44H29N5O2.Pd/c50-43-41-39(29-17-9-3-10-18-29)35-25-23-33(46-35)37(27-13-5-1-6-14-27)31-21-22-32(45-31)38(28-15-7-2-8-16-28)34-24-26-36(47-34)40(30-19-11-4-12-20-30)42(48-41)44(51)49-43;/h1-26H,(H3,45,46,47,48,49,50,51);/q;+2/p-2. The predicted octanol–water partition coefficient (Wildman–Crippen LogP) is 8.98. The van der Waals surface area contributed by atoms with Crippen molar-refractivity contribution in [2.24, 2.45) is 0 Å². The second kappa shape index (κ2) is 13.7. The smallest absolute Gasteiger partial charge is 0.657 e. The molecule has 0 fully saturated rings. The van der Waals surface area contributed by atoms with Gasteiger partial charge in [0.15, 0.2) is 0 Å². The van der Waals surface area contributed by atoms with Gasteiger partial charge in [0, 0.05) is 0 Å². The van der Waals surface area contributed by atoms with E-state index in [1.165, 1.54) is 0 Å². The molecule has 0 unspecified atom stereocenters. The number of fused-ring (bicyclic) bond motifs is 8. The van der Waals surface area contributed by atoms with Crippen molar-refractivity contribution in [1.29, 1.82) is 0 Å². The maximum atomic E-state index is 13.8. The van der Waals surface area contributed by atoms with Gasteiger partial charge in [-0.2, -0.15) is 0 Å². The fourth-order valence-electron chi connectivity index (χ4n) is 6.78. The Bertz CT molecular complexity index is 2500. The van der Waals surface area contributed by atoms with Gasteiger partial charge in [-0.3, -0.25) is 14.9 Å². The number of carbonyl (C=O) groups is 2. The van der Waals surface area contributed by atoms with Gasteiger partial charge in [0.1, 0.15) is 11.4 Å². The average Bonchev–Trinajstić information content (AvgIpc) is 3.96. The summed E-state index contributed by atoms with van der Waals surface area (Å²) >= 11 is 0. The fourth-order valence-corrected chi connectivity index (χ4v) is 6.78. The van der Waals surface area contributed by atoms with Crippen LogP contribution in [0.5, 0.6) is 0 Å². The SMILES string of the molecule is O=C1NC(=O)c2nc1c(-c1ccccc1)c1ccc([n-]1)c(-c1ccccc1)c1nc(c(-c3ccccc3)c3ccc([n-]3)c2-c2ccccc2)C=C1.[Pd+2]. The molecule has 9 rings (SSSR count). The molecule has 8 bridgehead atoms. The summed E-state index contributed by atoms with van der Waals surface area (Å²) in [6.07, 6.45) is 4.03. The van der Waals surface area contributed by atoms with Crippen LogP contribution in [0.2, 0.25) is 0 Å². The quantitative estimate of drug-likeness (QED) is 0.142. The predicted molar refractivity (Wildman–Crippen MR) is 201 cm³/mol. The number of hydrogen-bond donors (Lipinski definition) is 1. The van der Waals surface area contributed by atoms with Crippen LogP contribution >= 0.6 is 0 Å². The molecule has 2 aliphatic heterocycles. The molecule has 8 heteroatoms. The van der Waals surface area contributed by atoms with Crippen LogP contribution in [0.15, 0.2) is 146 Å². The Kier molecular flexibility index (Phi) is 8.62. The minimum atomic E-state index is -0.605. The van der Waals surface area contributed by atoms with E-state index < -0.39 is 11.8 Å². The number of imide groups is 1. The van der Waals surface area contributed by atoms with E-state index in [1.807, 2.05) is 158 Å². The summed E-state index contributed by atoms with van der Waals surface area (Å²) in [7, 11) is 0. The zero-order valence-corrected chi connectivity index (χ0v) is 29.0. The first-order chi connectivity index (χ1) is 25.1. The maximum absolute atomic E-state index is 13.8. The van der Waals surface area contributed by atoms with Gasteiger partial charge in [-0.05, 0) is 56.7 Å². The number of benzene rings is 4. The van der Waals surface area contributed by atoms with E-state index >= 15 is 0 Å². The molecule has 3 aromatic heterocycles. The van der Waals surface area contributed by atoms with Crippen LogP contribution in [0.4, 0.5) is 0 Å². The second-order valence-corrected chi connectivity index (χ2v) is 12.2. The second-order valence-electron chi connectivity index (χ2n) is 12.2. The Labute approximate surface area is 312 Å². The van der Waals surface area contributed by atoms with E-state index in [-0.39, 0.29) is 31.8 Å². The van der Waals surface area contributed by atoms with Crippen LogP contribution in [0.3, 0.4) is 0 Å². The topological polar surface area (TPSA) is 100 Å². The molecule has 0 radical (unpaired) electrons. The largest absolute Gasteiger partial charge is 2.00 e. The molecule has 0 saturated carbocycles. The van der Waals surface area contributed by atoms with Crippen LogP contribution in [-0.2, 0) is 20.4 Å². The van der Waals surface area contributed by atoms with E-state index in [0.29, 0.717) is 33.2 Å². The van der Waals surface area contributed by atoms with Crippen molar-refractivity contribution in [1.82, 2.24) is 25.3 Å². The Balaban J connectivity index is 0.00000387. The van der Waals surface area contributed by atoms with E-state index in [0.717, 1.165) is 44.8 Å². The van der Waals surface area contributed by atoms with Gasteiger partial charge in [-0.25, -0.2) is 9.97 Å². The third-order valence-corrected chi connectivity index (χ3v) is 9.06. The Morgan fingerprint density at radius 1 is 0.385 bits per heavy atom. The van der Waals surface area contributed by atoms with Gasteiger partial charge in [-0.1, -0.05) is 146 Å². The molecule has 0 atom stereocenters. The van der Waals surface area contributed by atoms with Crippen LogP contribution < -0.4 is 15.3 Å². The minimum absolute atomic E-state index is 0. The van der Waals surface area contributed by atoms with Crippen LogP contribution in [0, 0.1) is 0 Å². The van der Waals surface area contributed by atoms with Crippen molar-refractivity contribution in [3.8, 4) is 44.5 Å². The van der Waals surface area contributed by atoms with Gasteiger partial charge in [0.25, 0.3) is 11.8 Å². The average molecular weight is 764 g/mol. The van der Waals surface area contributed by atoms with Gasteiger partial charge in [0.05, 0.1) is 11.4 Å². The Morgan fingerprint density at radius 2 is 0.692 bits per heavy atom. The van der Waals surface area contributed by atoms with Gasteiger partial charge >= 0.3 is 20.4 Å². The van der Waals surface area contributed by atoms with Crippen LogP contribution in [-0.4, -0.2) is 21.8 Å². The summed E-state index contributed by atoms with van der Waals surface area (Å²) in [5.74, 6) is -1.21. The maximum Gasteiger partial charge on any atom is 2.00 e. The van der Waals surface area contributed by atoms with Crippen LogP contribution in [0.1, 0.15) is 32.4 Å². The summed E-state index contributed by atoms with van der Waals surface area (Å²) < 4.78 is 0. The molecule has 0 spiro atoms. The first kappa shape index (κ1) is 32.7. The molecule has 4 aromatic carbocycles. The number of carbonyl (C=O) groups excluding carboxylic acids is 2. The Hall–Kier alpha value is -6.46. The third-order valence-electron chi connectivity index (χ3n) is 9.06. The summed E-state index contributed by atoms with van der Waals surface area (Å²) in [5, 5.41) is 2.59. The summed E-state index contributed by atoms with van der Waals surface area (Å²) in [6.45, 7) is 0. The third kappa shape index (κ3) is 5.80. The number of hydrogen-bond acceptors (Lipinski definition) is 4. The minimum Gasteiger partial charge on any atom is -0.657 e. The molecular formula is C44H27N5O2Pd. The molecule has 2 amide bonds. The van der Waals surface area contributed by atoms with Crippen molar-refractivity contribution >= 4 is 46.0 Å².